The van der Waals surface area contributed by atoms with Crippen LogP contribution in [0.4, 0.5) is 0 Å². The number of nitrogens with one attached hydrogen (secondary N) is 1. The van der Waals surface area contributed by atoms with Crippen molar-refractivity contribution >= 4 is 15.9 Å². The fraction of sp³-hybridized carbons (Fsp3) is 0.625. The summed E-state index contributed by atoms with van der Waals surface area (Å²) < 4.78 is 12.3. The minimum Gasteiger partial charge on any atom is -0.486 e. The minimum atomic E-state index is 0.236. The molecule has 1 aromatic carbocycles. The average molecular weight is 342 g/mol. The van der Waals surface area contributed by atoms with Crippen LogP contribution < -0.4 is 14.8 Å². The third-order valence-corrected chi connectivity index (χ3v) is 4.94. The van der Waals surface area contributed by atoms with Gasteiger partial charge in [-0.1, -0.05) is 20.8 Å². The van der Waals surface area contributed by atoms with Gasteiger partial charge in [0.25, 0.3) is 0 Å². The molecular formula is C16H24BrNO2. The van der Waals surface area contributed by atoms with Gasteiger partial charge in [0.15, 0.2) is 11.5 Å². The van der Waals surface area contributed by atoms with Gasteiger partial charge in [-0.25, -0.2) is 0 Å². The van der Waals surface area contributed by atoms with Crippen LogP contribution in [0.2, 0.25) is 0 Å². The molecule has 1 aliphatic heterocycles. The highest BCUT2D eigenvalue weighted by atomic mass is 79.9. The first-order chi connectivity index (χ1) is 9.64. The summed E-state index contributed by atoms with van der Waals surface area (Å²) in [6.45, 7) is 8.84. The maximum atomic E-state index is 5.67. The predicted octanol–water partition coefficient (Wildman–Crippen LogP) is 4.28. The summed E-state index contributed by atoms with van der Waals surface area (Å²) in [5.41, 5.74) is 1.46. The number of halogens is 1. The highest BCUT2D eigenvalue weighted by Gasteiger charge is 2.23. The van der Waals surface area contributed by atoms with E-state index < -0.39 is 0 Å². The van der Waals surface area contributed by atoms with Gasteiger partial charge < -0.3 is 14.8 Å². The van der Waals surface area contributed by atoms with E-state index in [0.29, 0.717) is 13.2 Å². The van der Waals surface area contributed by atoms with Gasteiger partial charge in [0.1, 0.15) is 13.2 Å². The van der Waals surface area contributed by atoms with Gasteiger partial charge in [-0.15, -0.1) is 0 Å². The zero-order chi connectivity index (χ0) is 14.6. The van der Waals surface area contributed by atoms with E-state index in [1.807, 2.05) is 0 Å². The number of hydrogen-bond donors (Lipinski definition) is 1. The standard InChI is InChI=1S/C16H24BrNO2/c1-4-16(5-2,6-3)18-11-12-9-13(17)15-14(10-12)19-7-8-20-15/h9-10,18H,4-8,11H2,1-3H3. The van der Waals surface area contributed by atoms with Crippen LogP contribution in [-0.4, -0.2) is 18.8 Å². The molecule has 0 aromatic heterocycles. The van der Waals surface area contributed by atoms with Crippen molar-refractivity contribution in [1.29, 1.82) is 0 Å². The van der Waals surface area contributed by atoms with E-state index in [1.165, 1.54) is 5.56 Å². The van der Waals surface area contributed by atoms with E-state index in [2.05, 4.69) is 54.2 Å². The van der Waals surface area contributed by atoms with Crippen LogP contribution >= 0.6 is 15.9 Å². The van der Waals surface area contributed by atoms with E-state index in [-0.39, 0.29) is 5.54 Å². The van der Waals surface area contributed by atoms with Crippen molar-refractivity contribution in [3.05, 3.63) is 22.2 Å². The predicted molar refractivity (Wildman–Crippen MR) is 85.6 cm³/mol. The molecule has 20 heavy (non-hydrogen) atoms. The first-order valence-electron chi connectivity index (χ1n) is 7.47. The highest BCUT2D eigenvalue weighted by molar-refractivity contribution is 9.10. The van der Waals surface area contributed by atoms with Crippen molar-refractivity contribution in [2.45, 2.75) is 52.1 Å². The van der Waals surface area contributed by atoms with E-state index in [1.54, 1.807) is 0 Å². The van der Waals surface area contributed by atoms with Crippen molar-refractivity contribution in [2.24, 2.45) is 0 Å². The van der Waals surface area contributed by atoms with Crippen LogP contribution in [0.15, 0.2) is 16.6 Å². The Bertz CT molecular complexity index is 450. The lowest BCUT2D eigenvalue weighted by atomic mass is 9.89. The highest BCUT2D eigenvalue weighted by Crippen LogP contribution is 2.38. The van der Waals surface area contributed by atoms with Gasteiger partial charge in [-0.2, -0.15) is 0 Å². The van der Waals surface area contributed by atoms with Gasteiger partial charge in [-0.3, -0.25) is 0 Å². The van der Waals surface area contributed by atoms with Crippen LogP contribution in [0.1, 0.15) is 45.6 Å². The monoisotopic (exact) mass is 341 g/mol. The number of rotatable bonds is 6. The zero-order valence-corrected chi connectivity index (χ0v) is 14.2. The molecule has 0 aliphatic carbocycles. The maximum absolute atomic E-state index is 5.67. The molecule has 0 spiro atoms. The number of benzene rings is 1. The number of fused-ring (bicyclic) bond motifs is 1. The minimum absolute atomic E-state index is 0.236. The SMILES string of the molecule is CCC(CC)(CC)NCc1cc(Br)c2c(c1)OCCO2. The molecule has 2 rings (SSSR count). The molecule has 112 valence electrons. The van der Waals surface area contributed by atoms with Gasteiger partial charge in [0.05, 0.1) is 4.47 Å². The molecule has 3 nitrogen and oxygen atoms in total. The van der Waals surface area contributed by atoms with E-state index in [9.17, 15) is 0 Å². The summed E-state index contributed by atoms with van der Waals surface area (Å²) in [5.74, 6) is 1.67. The van der Waals surface area contributed by atoms with Crippen LogP contribution in [0.25, 0.3) is 0 Å². The Balaban J connectivity index is 2.12. The Morgan fingerprint density at radius 1 is 1.10 bits per heavy atom. The molecule has 0 amide bonds. The topological polar surface area (TPSA) is 30.5 Å². The molecule has 0 bridgehead atoms. The summed E-state index contributed by atoms with van der Waals surface area (Å²) in [5, 5.41) is 3.72. The fourth-order valence-electron chi connectivity index (χ4n) is 2.68. The summed E-state index contributed by atoms with van der Waals surface area (Å²) in [4.78, 5) is 0. The summed E-state index contributed by atoms with van der Waals surface area (Å²) in [6.07, 6.45) is 3.43. The lowest BCUT2D eigenvalue weighted by Crippen LogP contribution is -2.43. The Morgan fingerprint density at radius 2 is 1.75 bits per heavy atom. The largest absolute Gasteiger partial charge is 0.486 e. The molecule has 1 aromatic rings. The Hall–Kier alpha value is -0.740. The molecule has 0 radical (unpaired) electrons. The average Bonchev–Trinajstić information content (AvgIpc) is 2.49. The maximum Gasteiger partial charge on any atom is 0.175 e. The molecule has 1 aliphatic rings. The van der Waals surface area contributed by atoms with Crippen LogP contribution in [0.3, 0.4) is 0 Å². The van der Waals surface area contributed by atoms with Crippen molar-refractivity contribution in [3.63, 3.8) is 0 Å². The van der Waals surface area contributed by atoms with Gasteiger partial charge >= 0.3 is 0 Å². The quantitative estimate of drug-likeness (QED) is 0.837. The van der Waals surface area contributed by atoms with Crippen molar-refractivity contribution in [3.8, 4) is 11.5 Å². The normalized spacial score (nSPS) is 14.4. The third-order valence-electron chi connectivity index (χ3n) is 4.35. The van der Waals surface area contributed by atoms with Gasteiger partial charge in [0.2, 0.25) is 0 Å². The second kappa shape index (κ2) is 6.81. The molecular weight excluding hydrogens is 318 g/mol. The Labute approximate surface area is 130 Å². The number of hydrogen-bond acceptors (Lipinski definition) is 3. The summed E-state index contributed by atoms with van der Waals surface area (Å²) >= 11 is 3.57. The van der Waals surface area contributed by atoms with Gasteiger partial charge in [-0.05, 0) is 52.9 Å². The van der Waals surface area contributed by atoms with E-state index in [0.717, 1.165) is 41.8 Å². The van der Waals surface area contributed by atoms with Gasteiger partial charge in [0, 0.05) is 12.1 Å². The van der Waals surface area contributed by atoms with Crippen LogP contribution in [-0.2, 0) is 6.54 Å². The number of ether oxygens (including phenoxy) is 2. The smallest absolute Gasteiger partial charge is 0.175 e. The van der Waals surface area contributed by atoms with Crippen molar-refractivity contribution < 1.29 is 9.47 Å². The molecule has 0 atom stereocenters. The molecule has 0 fully saturated rings. The molecule has 0 saturated carbocycles. The second-order valence-corrected chi connectivity index (χ2v) is 6.15. The molecule has 1 heterocycles. The first-order valence-corrected chi connectivity index (χ1v) is 8.26. The van der Waals surface area contributed by atoms with Crippen molar-refractivity contribution in [2.75, 3.05) is 13.2 Å². The molecule has 4 heteroatoms. The summed E-state index contributed by atoms with van der Waals surface area (Å²) in [7, 11) is 0. The lowest BCUT2D eigenvalue weighted by molar-refractivity contribution is 0.170. The first kappa shape index (κ1) is 15.6. The lowest BCUT2D eigenvalue weighted by Gasteiger charge is -2.32. The second-order valence-electron chi connectivity index (χ2n) is 5.30. The van der Waals surface area contributed by atoms with Crippen LogP contribution in [0.5, 0.6) is 11.5 Å². The van der Waals surface area contributed by atoms with Crippen molar-refractivity contribution in [1.82, 2.24) is 5.32 Å². The van der Waals surface area contributed by atoms with E-state index >= 15 is 0 Å². The summed E-state index contributed by atoms with van der Waals surface area (Å²) in [6, 6.07) is 4.20. The van der Waals surface area contributed by atoms with Crippen LogP contribution in [0, 0.1) is 0 Å². The van der Waals surface area contributed by atoms with E-state index in [4.69, 9.17) is 9.47 Å². The third kappa shape index (κ3) is 3.29. The zero-order valence-electron chi connectivity index (χ0n) is 12.6. The molecule has 0 unspecified atom stereocenters. The Morgan fingerprint density at radius 3 is 2.40 bits per heavy atom. The molecule has 1 N–H and O–H groups in total. The Kier molecular flexibility index (Phi) is 5.33. The molecule has 0 saturated heterocycles. The fourth-order valence-corrected chi connectivity index (χ4v) is 3.28.